The number of nitrogens with zero attached hydrogens (tertiary/aromatic N) is 4. The summed E-state index contributed by atoms with van der Waals surface area (Å²) in [6.45, 7) is 7.49. The molecule has 0 aliphatic carbocycles. The zero-order valence-electron chi connectivity index (χ0n) is 14.0. The van der Waals surface area contributed by atoms with Gasteiger partial charge in [0.05, 0.1) is 0 Å². The number of piperazine rings is 1. The van der Waals surface area contributed by atoms with Crippen LogP contribution in [0.2, 0.25) is 0 Å². The van der Waals surface area contributed by atoms with Gasteiger partial charge in [-0.1, -0.05) is 6.92 Å². The highest BCUT2D eigenvalue weighted by atomic mass is 15.2. The van der Waals surface area contributed by atoms with Crippen molar-refractivity contribution in [2.75, 3.05) is 50.0 Å². The fourth-order valence-corrected chi connectivity index (χ4v) is 2.74. The van der Waals surface area contributed by atoms with Gasteiger partial charge < -0.3 is 15.1 Å². The molecule has 0 saturated carbocycles. The van der Waals surface area contributed by atoms with Gasteiger partial charge in [-0.3, -0.25) is 0 Å². The van der Waals surface area contributed by atoms with Crippen LogP contribution in [0.15, 0.2) is 36.5 Å². The quantitative estimate of drug-likeness (QED) is 0.920. The van der Waals surface area contributed by atoms with Crippen molar-refractivity contribution < 1.29 is 0 Å². The first-order valence-corrected chi connectivity index (χ1v) is 8.37. The van der Waals surface area contributed by atoms with Crippen LogP contribution in [-0.4, -0.2) is 54.6 Å². The summed E-state index contributed by atoms with van der Waals surface area (Å²) in [5, 5.41) is 3.31. The van der Waals surface area contributed by atoms with E-state index in [1.165, 1.54) is 5.69 Å². The Bertz CT molecular complexity index is 618. The van der Waals surface area contributed by atoms with Gasteiger partial charge in [0, 0.05) is 50.2 Å². The van der Waals surface area contributed by atoms with E-state index >= 15 is 0 Å². The molecule has 0 amide bonds. The van der Waals surface area contributed by atoms with Crippen LogP contribution in [-0.2, 0) is 0 Å². The third-order valence-electron chi connectivity index (χ3n) is 4.21. The molecule has 23 heavy (non-hydrogen) atoms. The van der Waals surface area contributed by atoms with Crippen molar-refractivity contribution in [3.8, 4) is 11.4 Å². The van der Waals surface area contributed by atoms with Gasteiger partial charge >= 0.3 is 0 Å². The molecule has 5 heteroatoms. The molecular weight excluding hydrogens is 286 g/mol. The molecule has 1 aliphatic heterocycles. The lowest BCUT2D eigenvalue weighted by molar-refractivity contribution is 0.313. The number of nitrogens with one attached hydrogen (secondary N) is 1. The van der Waals surface area contributed by atoms with E-state index < -0.39 is 0 Å². The maximum atomic E-state index is 4.59. The Balaban J connectivity index is 1.72. The third kappa shape index (κ3) is 3.99. The molecule has 1 aromatic carbocycles. The number of aromatic nitrogens is 2. The van der Waals surface area contributed by atoms with E-state index in [1.54, 1.807) is 0 Å². The Kier molecular flexibility index (Phi) is 5.08. The first-order valence-electron chi connectivity index (χ1n) is 8.37. The Morgan fingerprint density at radius 1 is 1.04 bits per heavy atom. The minimum Gasteiger partial charge on any atom is -0.370 e. The van der Waals surface area contributed by atoms with Crippen LogP contribution in [0.25, 0.3) is 11.4 Å². The van der Waals surface area contributed by atoms with Crippen LogP contribution in [0, 0.1) is 0 Å². The standard InChI is InChI=1S/C18H25N5/c1-3-9-19-17-8-10-20-18(21-17)15-4-6-16(7-5-15)23-13-11-22(2)12-14-23/h4-8,10H,3,9,11-14H2,1-2H3,(H,19,20,21). The van der Waals surface area contributed by atoms with E-state index in [2.05, 4.69) is 63.3 Å². The second kappa shape index (κ2) is 7.42. The maximum Gasteiger partial charge on any atom is 0.161 e. The maximum absolute atomic E-state index is 4.59. The summed E-state index contributed by atoms with van der Waals surface area (Å²) in [6, 6.07) is 10.5. The number of benzene rings is 1. The lowest BCUT2D eigenvalue weighted by Gasteiger charge is -2.34. The van der Waals surface area contributed by atoms with Crippen molar-refractivity contribution in [3.63, 3.8) is 0 Å². The molecule has 0 spiro atoms. The summed E-state index contributed by atoms with van der Waals surface area (Å²) >= 11 is 0. The van der Waals surface area contributed by atoms with Crippen LogP contribution < -0.4 is 10.2 Å². The van der Waals surface area contributed by atoms with E-state index in [9.17, 15) is 0 Å². The predicted octanol–water partition coefficient (Wildman–Crippen LogP) is 2.72. The minimum atomic E-state index is 0.774. The second-order valence-electron chi connectivity index (χ2n) is 6.03. The number of rotatable bonds is 5. The summed E-state index contributed by atoms with van der Waals surface area (Å²) in [6.07, 6.45) is 2.90. The van der Waals surface area contributed by atoms with E-state index in [0.29, 0.717) is 0 Å². The van der Waals surface area contributed by atoms with Gasteiger partial charge in [-0.15, -0.1) is 0 Å². The molecule has 0 radical (unpaired) electrons. The third-order valence-corrected chi connectivity index (χ3v) is 4.21. The number of anilines is 2. The highest BCUT2D eigenvalue weighted by Gasteiger charge is 2.14. The fraction of sp³-hybridized carbons (Fsp3) is 0.444. The van der Waals surface area contributed by atoms with E-state index in [1.807, 2.05) is 12.3 Å². The lowest BCUT2D eigenvalue weighted by atomic mass is 10.1. The molecule has 2 heterocycles. The Morgan fingerprint density at radius 3 is 2.48 bits per heavy atom. The van der Waals surface area contributed by atoms with Crippen molar-refractivity contribution in [2.24, 2.45) is 0 Å². The molecular formula is C18H25N5. The summed E-state index contributed by atoms with van der Waals surface area (Å²) in [7, 11) is 2.18. The summed E-state index contributed by atoms with van der Waals surface area (Å²) < 4.78 is 0. The SMILES string of the molecule is CCCNc1ccnc(-c2ccc(N3CCN(C)CC3)cc2)n1. The van der Waals surface area contributed by atoms with E-state index in [-0.39, 0.29) is 0 Å². The van der Waals surface area contributed by atoms with Crippen molar-refractivity contribution in [1.82, 2.24) is 14.9 Å². The predicted molar refractivity (Wildman–Crippen MR) is 96.0 cm³/mol. The van der Waals surface area contributed by atoms with Crippen LogP contribution in [0.3, 0.4) is 0 Å². The van der Waals surface area contributed by atoms with Crippen LogP contribution >= 0.6 is 0 Å². The Hall–Kier alpha value is -2.14. The van der Waals surface area contributed by atoms with Gasteiger partial charge in [-0.25, -0.2) is 9.97 Å². The largest absolute Gasteiger partial charge is 0.370 e. The first kappa shape index (κ1) is 15.7. The van der Waals surface area contributed by atoms with Crippen molar-refractivity contribution in [3.05, 3.63) is 36.5 Å². The molecule has 5 nitrogen and oxygen atoms in total. The first-order chi connectivity index (χ1) is 11.3. The molecule has 1 aliphatic rings. The number of likely N-dealkylation sites (N-methyl/N-ethyl adjacent to an activating group) is 1. The van der Waals surface area contributed by atoms with E-state index in [0.717, 1.165) is 56.4 Å². The molecule has 1 N–H and O–H groups in total. The zero-order chi connectivity index (χ0) is 16.1. The second-order valence-corrected chi connectivity index (χ2v) is 6.03. The van der Waals surface area contributed by atoms with Crippen molar-refractivity contribution in [1.29, 1.82) is 0 Å². The van der Waals surface area contributed by atoms with Crippen LogP contribution in [0.4, 0.5) is 11.5 Å². The zero-order valence-corrected chi connectivity index (χ0v) is 14.0. The van der Waals surface area contributed by atoms with Crippen LogP contribution in [0.5, 0.6) is 0 Å². The highest BCUT2D eigenvalue weighted by Crippen LogP contribution is 2.22. The van der Waals surface area contributed by atoms with Gasteiger partial charge in [-0.05, 0) is 43.8 Å². The molecule has 122 valence electrons. The summed E-state index contributed by atoms with van der Waals surface area (Å²) in [5.74, 6) is 1.66. The average Bonchev–Trinajstić information content (AvgIpc) is 2.61. The molecule has 1 saturated heterocycles. The molecule has 2 aromatic rings. The molecule has 1 aromatic heterocycles. The fourth-order valence-electron chi connectivity index (χ4n) is 2.74. The normalized spacial score (nSPS) is 15.7. The van der Waals surface area contributed by atoms with Crippen molar-refractivity contribution in [2.45, 2.75) is 13.3 Å². The summed E-state index contributed by atoms with van der Waals surface area (Å²) in [5.41, 5.74) is 2.34. The minimum absolute atomic E-state index is 0.774. The highest BCUT2D eigenvalue weighted by molar-refractivity contribution is 5.61. The number of hydrogen-bond acceptors (Lipinski definition) is 5. The van der Waals surface area contributed by atoms with Gasteiger partial charge in [0.2, 0.25) is 0 Å². The summed E-state index contributed by atoms with van der Waals surface area (Å²) in [4.78, 5) is 13.8. The topological polar surface area (TPSA) is 44.3 Å². The van der Waals surface area contributed by atoms with Gasteiger partial charge in [0.15, 0.2) is 5.82 Å². The smallest absolute Gasteiger partial charge is 0.161 e. The average molecular weight is 311 g/mol. The van der Waals surface area contributed by atoms with Gasteiger partial charge in [0.1, 0.15) is 5.82 Å². The monoisotopic (exact) mass is 311 g/mol. The van der Waals surface area contributed by atoms with E-state index in [4.69, 9.17) is 0 Å². The Labute approximate surface area is 138 Å². The van der Waals surface area contributed by atoms with Crippen LogP contribution in [0.1, 0.15) is 13.3 Å². The van der Waals surface area contributed by atoms with Gasteiger partial charge in [0.25, 0.3) is 0 Å². The number of hydrogen-bond donors (Lipinski definition) is 1. The molecule has 1 fully saturated rings. The Morgan fingerprint density at radius 2 is 1.78 bits per heavy atom. The molecule has 3 rings (SSSR count). The molecule has 0 unspecified atom stereocenters. The molecule has 0 atom stereocenters. The van der Waals surface area contributed by atoms with Gasteiger partial charge in [-0.2, -0.15) is 0 Å². The van der Waals surface area contributed by atoms with Crippen molar-refractivity contribution >= 4 is 11.5 Å². The lowest BCUT2D eigenvalue weighted by Crippen LogP contribution is -2.44. The molecule has 0 bridgehead atoms.